The van der Waals surface area contributed by atoms with Gasteiger partial charge in [0.1, 0.15) is 5.41 Å². The van der Waals surface area contributed by atoms with Crippen LogP contribution >= 0.6 is 0 Å². The molecule has 0 saturated carbocycles. The molecule has 2 N–H and O–H groups in total. The van der Waals surface area contributed by atoms with E-state index in [0.717, 1.165) is 12.8 Å². The Hall–Kier alpha value is -1.06. The number of nitrogens with one attached hydrogen (secondary N) is 1. The first-order valence-corrected chi connectivity index (χ1v) is 4.44. The molecule has 0 aromatic carbocycles. The molecule has 0 saturated heterocycles. The van der Waals surface area contributed by atoms with Crippen LogP contribution in [0.2, 0.25) is 0 Å². The van der Waals surface area contributed by atoms with E-state index in [2.05, 4.69) is 5.32 Å². The SMILES string of the molecule is CCCCNC(=O)C(C)(C)C(=O)O. The molecule has 0 aromatic heterocycles. The van der Waals surface area contributed by atoms with Gasteiger partial charge < -0.3 is 10.4 Å². The first kappa shape index (κ1) is 11.9. The fraction of sp³-hybridized carbons (Fsp3) is 0.778. The molecule has 13 heavy (non-hydrogen) atoms. The van der Waals surface area contributed by atoms with Gasteiger partial charge in [-0.25, -0.2) is 0 Å². The van der Waals surface area contributed by atoms with Crippen molar-refractivity contribution in [3.8, 4) is 0 Å². The van der Waals surface area contributed by atoms with Gasteiger partial charge in [-0.3, -0.25) is 9.59 Å². The zero-order chi connectivity index (χ0) is 10.5. The van der Waals surface area contributed by atoms with Gasteiger partial charge >= 0.3 is 5.97 Å². The third-order valence-electron chi connectivity index (χ3n) is 1.92. The van der Waals surface area contributed by atoms with Gasteiger partial charge in [-0.2, -0.15) is 0 Å². The summed E-state index contributed by atoms with van der Waals surface area (Å²) in [5.74, 6) is -1.52. The highest BCUT2D eigenvalue weighted by atomic mass is 16.4. The molecule has 0 atom stereocenters. The highest BCUT2D eigenvalue weighted by Gasteiger charge is 2.35. The summed E-state index contributed by atoms with van der Waals surface area (Å²) in [6, 6.07) is 0. The molecule has 0 rings (SSSR count). The van der Waals surface area contributed by atoms with Gasteiger partial charge in [-0.15, -0.1) is 0 Å². The predicted molar refractivity (Wildman–Crippen MR) is 49.3 cm³/mol. The van der Waals surface area contributed by atoms with Gasteiger partial charge in [0, 0.05) is 6.54 Å². The van der Waals surface area contributed by atoms with Crippen molar-refractivity contribution in [2.24, 2.45) is 5.41 Å². The molecular formula is C9H17NO3. The summed E-state index contributed by atoms with van der Waals surface area (Å²) >= 11 is 0. The van der Waals surface area contributed by atoms with Crippen molar-refractivity contribution in [2.45, 2.75) is 33.6 Å². The number of carboxylic acids is 1. The molecule has 0 spiro atoms. The van der Waals surface area contributed by atoms with Crippen LogP contribution in [0.1, 0.15) is 33.6 Å². The minimum absolute atomic E-state index is 0.423. The van der Waals surface area contributed by atoms with Gasteiger partial charge in [0.25, 0.3) is 0 Å². The Balaban J connectivity index is 4.03. The molecule has 0 aromatic rings. The number of carbonyl (C=O) groups is 2. The number of unbranched alkanes of at least 4 members (excludes halogenated alkanes) is 1. The molecular weight excluding hydrogens is 170 g/mol. The fourth-order valence-corrected chi connectivity index (χ4v) is 0.697. The lowest BCUT2D eigenvalue weighted by molar-refractivity contribution is -0.153. The van der Waals surface area contributed by atoms with E-state index in [1.54, 1.807) is 0 Å². The van der Waals surface area contributed by atoms with E-state index >= 15 is 0 Å². The van der Waals surface area contributed by atoms with E-state index in [1.807, 2.05) is 6.92 Å². The normalized spacial score (nSPS) is 11.0. The molecule has 0 aliphatic carbocycles. The van der Waals surface area contributed by atoms with E-state index in [-0.39, 0.29) is 0 Å². The molecule has 0 bridgehead atoms. The monoisotopic (exact) mass is 187 g/mol. The summed E-state index contributed by atoms with van der Waals surface area (Å²) in [6.45, 7) is 5.35. The third-order valence-corrected chi connectivity index (χ3v) is 1.92. The van der Waals surface area contributed by atoms with Crippen LogP contribution in [0.5, 0.6) is 0 Å². The standard InChI is InChI=1S/C9H17NO3/c1-4-5-6-10-7(11)9(2,3)8(12)13/h4-6H2,1-3H3,(H,10,11)(H,12,13). The first-order valence-electron chi connectivity index (χ1n) is 4.44. The minimum Gasteiger partial charge on any atom is -0.480 e. The van der Waals surface area contributed by atoms with Crippen LogP contribution in [-0.4, -0.2) is 23.5 Å². The molecule has 0 fully saturated rings. The number of hydrogen-bond donors (Lipinski definition) is 2. The molecule has 76 valence electrons. The summed E-state index contributed by atoms with van der Waals surface area (Å²) in [5, 5.41) is 11.3. The number of aliphatic carboxylic acids is 1. The van der Waals surface area contributed by atoms with Crippen LogP contribution in [0.15, 0.2) is 0 Å². The van der Waals surface area contributed by atoms with Crippen molar-refractivity contribution < 1.29 is 14.7 Å². The molecule has 4 nitrogen and oxygen atoms in total. The first-order chi connectivity index (χ1) is 5.92. The second kappa shape index (κ2) is 4.84. The molecule has 1 amide bonds. The lowest BCUT2D eigenvalue weighted by Crippen LogP contribution is -2.42. The number of amides is 1. The van der Waals surface area contributed by atoms with Crippen LogP contribution in [0, 0.1) is 5.41 Å². The van der Waals surface area contributed by atoms with E-state index < -0.39 is 17.3 Å². The molecule has 0 heterocycles. The number of rotatable bonds is 5. The van der Waals surface area contributed by atoms with Crippen LogP contribution in [0.25, 0.3) is 0 Å². The van der Waals surface area contributed by atoms with Gasteiger partial charge in [-0.1, -0.05) is 13.3 Å². The molecule has 0 unspecified atom stereocenters. The van der Waals surface area contributed by atoms with Crippen LogP contribution < -0.4 is 5.32 Å². The van der Waals surface area contributed by atoms with Crippen molar-refractivity contribution in [2.75, 3.05) is 6.54 Å². The Bertz CT molecular complexity index is 199. The van der Waals surface area contributed by atoms with Crippen molar-refractivity contribution in [1.29, 1.82) is 0 Å². The Morgan fingerprint density at radius 1 is 1.38 bits per heavy atom. The quantitative estimate of drug-likeness (QED) is 0.498. The smallest absolute Gasteiger partial charge is 0.318 e. The number of carboxylic acid groups (broad SMARTS) is 1. The van der Waals surface area contributed by atoms with Crippen molar-refractivity contribution in [3.05, 3.63) is 0 Å². The van der Waals surface area contributed by atoms with Crippen molar-refractivity contribution >= 4 is 11.9 Å². The van der Waals surface area contributed by atoms with Gasteiger partial charge in [0.05, 0.1) is 0 Å². The second-order valence-corrected chi connectivity index (χ2v) is 3.54. The van der Waals surface area contributed by atoms with Crippen LogP contribution in [-0.2, 0) is 9.59 Å². The highest BCUT2D eigenvalue weighted by molar-refractivity contribution is 6.00. The molecule has 4 heteroatoms. The third kappa shape index (κ3) is 3.44. The van der Waals surface area contributed by atoms with Crippen LogP contribution in [0.3, 0.4) is 0 Å². The maximum Gasteiger partial charge on any atom is 0.318 e. The van der Waals surface area contributed by atoms with E-state index in [9.17, 15) is 9.59 Å². The van der Waals surface area contributed by atoms with Gasteiger partial charge in [-0.05, 0) is 20.3 Å². The maximum atomic E-state index is 11.3. The average Bonchev–Trinajstić information content (AvgIpc) is 2.04. The topological polar surface area (TPSA) is 66.4 Å². The van der Waals surface area contributed by atoms with E-state index in [1.165, 1.54) is 13.8 Å². The number of hydrogen-bond acceptors (Lipinski definition) is 2. The highest BCUT2D eigenvalue weighted by Crippen LogP contribution is 2.14. The second-order valence-electron chi connectivity index (χ2n) is 3.54. The summed E-state index contributed by atoms with van der Waals surface area (Å²) in [4.78, 5) is 21.9. The molecule has 0 aliphatic heterocycles. The predicted octanol–water partition coefficient (Wildman–Crippen LogP) is 1.01. The minimum atomic E-state index is -1.33. The lowest BCUT2D eigenvalue weighted by Gasteiger charge is -2.17. The van der Waals surface area contributed by atoms with E-state index in [4.69, 9.17) is 5.11 Å². The summed E-state index contributed by atoms with van der Waals surface area (Å²) in [5.41, 5.74) is -1.33. The lowest BCUT2D eigenvalue weighted by atomic mass is 9.93. The Morgan fingerprint density at radius 2 is 1.92 bits per heavy atom. The largest absolute Gasteiger partial charge is 0.480 e. The molecule has 0 radical (unpaired) electrons. The van der Waals surface area contributed by atoms with E-state index in [0.29, 0.717) is 6.54 Å². The van der Waals surface area contributed by atoms with Crippen LogP contribution in [0.4, 0.5) is 0 Å². The zero-order valence-corrected chi connectivity index (χ0v) is 8.39. The maximum absolute atomic E-state index is 11.3. The summed E-state index contributed by atoms with van der Waals surface area (Å²) in [6.07, 6.45) is 1.86. The Kier molecular flexibility index (Phi) is 4.45. The van der Waals surface area contributed by atoms with Gasteiger partial charge in [0.15, 0.2) is 0 Å². The summed E-state index contributed by atoms with van der Waals surface area (Å²) < 4.78 is 0. The number of carbonyl (C=O) groups excluding carboxylic acids is 1. The summed E-state index contributed by atoms with van der Waals surface area (Å²) in [7, 11) is 0. The Morgan fingerprint density at radius 3 is 2.31 bits per heavy atom. The van der Waals surface area contributed by atoms with Gasteiger partial charge in [0.2, 0.25) is 5.91 Å². The zero-order valence-electron chi connectivity index (χ0n) is 8.39. The van der Waals surface area contributed by atoms with Crippen molar-refractivity contribution in [3.63, 3.8) is 0 Å². The molecule has 0 aliphatic rings. The van der Waals surface area contributed by atoms with Crippen molar-refractivity contribution in [1.82, 2.24) is 5.32 Å². The Labute approximate surface area is 78.3 Å². The average molecular weight is 187 g/mol. The fourth-order valence-electron chi connectivity index (χ4n) is 0.697.